The summed E-state index contributed by atoms with van der Waals surface area (Å²) in [6.45, 7) is 0. The van der Waals surface area contributed by atoms with E-state index in [0.717, 1.165) is 18.4 Å². The van der Waals surface area contributed by atoms with Crippen LogP contribution in [0.3, 0.4) is 0 Å². The molecule has 0 unspecified atom stereocenters. The van der Waals surface area contributed by atoms with Crippen LogP contribution in [0.15, 0.2) is 35.2 Å². The third-order valence-corrected chi connectivity index (χ3v) is 4.24. The van der Waals surface area contributed by atoms with E-state index in [1.54, 1.807) is 18.2 Å². The number of esters is 1. The van der Waals surface area contributed by atoms with Crippen molar-refractivity contribution in [1.29, 1.82) is 0 Å². The molecule has 1 fully saturated rings. The summed E-state index contributed by atoms with van der Waals surface area (Å²) in [5.74, 6) is -0.452. The molecule has 0 aliphatic heterocycles. The van der Waals surface area contributed by atoms with Gasteiger partial charge in [0.1, 0.15) is 0 Å². The van der Waals surface area contributed by atoms with E-state index in [1.165, 1.54) is 25.3 Å². The molecule has 1 saturated carbocycles. The first kappa shape index (κ1) is 13.8. The number of benzene rings is 1. The van der Waals surface area contributed by atoms with Gasteiger partial charge in [-0.15, -0.1) is 0 Å². The minimum atomic E-state index is -3.42. The van der Waals surface area contributed by atoms with Crippen LogP contribution >= 0.6 is 0 Å². The van der Waals surface area contributed by atoms with E-state index in [1.807, 2.05) is 0 Å². The summed E-state index contributed by atoms with van der Waals surface area (Å²) >= 11 is 0. The molecule has 1 aromatic carbocycles. The second kappa shape index (κ2) is 5.54. The Hall–Kier alpha value is -1.66. The molecule has 0 bridgehead atoms. The minimum absolute atomic E-state index is 0.0869. The summed E-state index contributed by atoms with van der Waals surface area (Å²) < 4.78 is 30.9. The molecule has 102 valence electrons. The highest BCUT2D eigenvalue weighted by Crippen LogP contribution is 2.22. The third kappa shape index (κ3) is 3.90. The average molecular weight is 281 g/mol. The van der Waals surface area contributed by atoms with Crippen molar-refractivity contribution in [3.8, 4) is 0 Å². The van der Waals surface area contributed by atoms with Crippen LogP contribution in [0.4, 0.5) is 0 Å². The molecule has 5 nitrogen and oxygen atoms in total. The number of ether oxygens (including phenoxy) is 1. The van der Waals surface area contributed by atoms with Crippen molar-refractivity contribution in [2.45, 2.75) is 23.8 Å². The zero-order chi connectivity index (χ0) is 13.9. The lowest BCUT2D eigenvalue weighted by molar-refractivity contribution is -0.134. The van der Waals surface area contributed by atoms with Crippen molar-refractivity contribution in [2.24, 2.45) is 0 Å². The number of carbonyl (C=O) groups excluding carboxylic acids is 1. The standard InChI is InChI=1S/C13H15NO4S/c1-18-13(15)9-4-10-2-7-12(8-3-10)19(16,17)14-11-5-6-11/h2-4,7-9,11,14H,5-6H2,1H3/b9-4+. The fourth-order valence-corrected chi connectivity index (χ4v) is 2.78. The maximum atomic E-state index is 11.9. The molecule has 1 aromatic rings. The zero-order valence-corrected chi connectivity index (χ0v) is 11.3. The van der Waals surface area contributed by atoms with Crippen LogP contribution in [0.2, 0.25) is 0 Å². The van der Waals surface area contributed by atoms with Crippen LogP contribution in [-0.2, 0) is 19.6 Å². The van der Waals surface area contributed by atoms with E-state index in [4.69, 9.17) is 0 Å². The maximum absolute atomic E-state index is 11.9. The van der Waals surface area contributed by atoms with E-state index >= 15 is 0 Å². The maximum Gasteiger partial charge on any atom is 0.330 e. The van der Waals surface area contributed by atoms with Crippen LogP contribution < -0.4 is 4.72 Å². The van der Waals surface area contributed by atoms with Gasteiger partial charge in [0.25, 0.3) is 0 Å². The van der Waals surface area contributed by atoms with Gasteiger partial charge in [0.2, 0.25) is 10.0 Å². The van der Waals surface area contributed by atoms with Gasteiger partial charge in [-0.3, -0.25) is 0 Å². The number of rotatable bonds is 5. The highest BCUT2D eigenvalue weighted by atomic mass is 32.2. The number of methoxy groups -OCH3 is 1. The van der Waals surface area contributed by atoms with E-state index in [0.29, 0.717) is 0 Å². The first-order valence-corrected chi connectivity index (χ1v) is 7.38. The number of sulfonamides is 1. The molecule has 1 N–H and O–H groups in total. The second-order valence-corrected chi connectivity index (χ2v) is 6.04. The minimum Gasteiger partial charge on any atom is -0.466 e. The third-order valence-electron chi connectivity index (χ3n) is 2.70. The highest BCUT2D eigenvalue weighted by molar-refractivity contribution is 7.89. The second-order valence-electron chi connectivity index (χ2n) is 4.32. The molecule has 1 aliphatic rings. The molecular weight excluding hydrogens is 266 g/mol. The molecule has 6 heteroatoms. The Balaban J connectivity index is 2.09. The molecule has 2 rings (SSSR count). The highest BCUT2D eigenvalue weighted by Gasteiger charge is 2.27. The van der Waals surface area contributed by atoms with E-state index in [9.17, 15) is 13.2 Å². The SMILES string of the molecule is COC(=O)/C=C/c1ccc(S(=O)(=O)NC2CC2)cc1. The number of hydrogen-bond acceptors (Lipinski definition) is 4. The lowest BCUT2D eigenvalue weighted by Crippen LogP contribution is -2.25. The Bertz CT molecular complexity index is 586. The van der Waals surface area contributed by atoms with Crippen LogP contribution in [0.1, 0.15) is 18.4 Å². The van der Waals surface area contributed by atoms with Gasteiger partial charge in [0.15, 0.2) is 0 Å². The van der Waals surface area contributed by atoms with Crippen LogP contribution in [0.25, 0.3) is 6.08 Å². The normalized spacial score (nSPS) is 15.6. The molecule has 0 radical (unpaired) electrons. The van der Waals surface area contributed by atoms with Crippen LogP contribution in [0, 0.1) is 0 Å². The number of carbonyl (C=O) groups is 1. The molecule has 19 heavy (non-hydrogen) atoms. The molecule has 0 aromatic heterocycles. The molecular formula is C13H15NO4S. The predicted octanol–water partition coefficient (Wildman–Crippen LogP) is 1.31. The van der Waals surface area contributed by atoms with Gasteiger partial charge >= 0.3 is 5.97 Å². The van der Waals surface area contributed by atoms with Gasteiger partial charge in [0.05, 0.1) is 12.0 Å². The molecule has 0 atom stereocenters. The van der Waals surface area contributed by atoms with Gasteiger partial charge in [-0.25, -0.2) is 17.9 Å². The lowest BCUT2D eigenvalue weighted by atomic mass is 10.2. The first-order valence-electron chi connectivity index (χ1n) is 5.90. The Morgan fingerprint density at radius 3 is 2.47 bits per heavy atom. The van der Waals surface area contributed by atoms with Crippen molar-refractivity contribution in [3.05, 3.63) is 35.9 Å². The van der Waals surface area contributed by atoms with Gasteiger partial charge in [-0.2, -0.15) is 0 Å². The van der Waals surface area contributed by atoms with Crippen molar-refractivity contribution in [3.63, 3.8) is 0 Å². The molecule has 0 saturated heterocycles. The Morgan fingerprint density at radius 1 is 1.32 bits per heavy atom. The van der Waals surface area contributed by atoms with Gasteiger partial charge in [0, 0.05) is 12.1 Å². The smallest absolute Gasteiger partial charge is 0.330 e. The van der Waals surface area contributed by atoms with Crippen molar-refractivity contribution in [1.82, 2.24) is 4.72 Å². The van der Waals surface area contributed by atoms with Gasteiger partial charge in [-0.1, -0.05) is 12.1 Å². The lowest BCUT2D eigenvalue weighted by Gasteiger charge is -2.05. The van der Waals surface area contributed by atoms with Crippen LogP contribution in [-0.4, -0.2) is 27.5 Å². The van der Waals surface area contributed by atoms with Gasteiger partial charge < -0.3 is 4.74 Å². The summed E-state index contributed by atoms with van der Waals surface area (Å²) in [4.78, 5) is 11.2. The summed E-state index contributed by atoms with van der Waals surface area (Å²) in [5.41, 5.74) is 0.732. The first-order chi connectivity index (χ1) is 9.01. The molecule has 0 heterocycles. The summed E-state index contributed by atoms with van der Waals surface area (Å²) in [5, 5.41) is 0. The number of nitrogens with one attached hydrogen (secondary N) is 1. The zero-order valence-electron chi connectivity index (χ0n) is 10.5. The summed E-state index contributed by atoms with van der Waals surface area (Å²) in [6, 6.07) is 6.40. The molecule has 0 spiro atoms. The molecule has 0 amide bonds. The van der Waals surface area contributed by atoms with E-state index in [2.05, 4.69) is 9.46 Å². The topological polar surface area (TPSA) is 72.5 Å². The quantitative estimate of drug-likeness (QED) is 0.652. The van der Waals surface area contributed by atoms with Crippen molar-refractivity contribution in [2.75, 3.05) is 7.11 Å². The van der Waals surface area contributed by atoms with Crippen molar-refractivity contribution < 1.29 is 17.9 Å². The average Bonchev–Trinajstić information content (AvgIpc) is 3.19. The Kier molecular flexibility index (Phi) is 4.01. The summed E-state index contributed by atoms with van der Waals surface area (Å²) in [7, 11) is -2.12. The van der Waals surface area contributed by atoms with Gasteiger partial charge in [-0.05, 0) is 36.6 Å². The predicted molar refractivity (Wildman–Crippen MR) is 70.8 cm³/mol. The van der Waals surface area contributed by atoms with E-state index < -0.39 is 16.0 Å². The summed E-state index contributed by atoms with van der Waals surface area (Å²) in [6.07, 6.45) is 4.65. The Morgan fingerprint density at radius 2 is 1.95 bits per heavy atom. The largest absolute Gasteiger partial charge is 0.466 e. The monoisotopic (exact) mass is 281 g/mol. The van der Waals surface area contributed by atoms with E-state index in [-0.39, 0.29) is 10.9 Å². The fourth-order valence-electron chi connectivity index (χ4n) is 1.48. The molecule has 1 aliphatic carbocycles. The van der Waals surface area contributed by atoms with Crippen LogP contribution in [0.5, 0.6) is 0 Å². The Labute approximate surface area is 112 Å². The number of hydrogen-bond donors (Lipinski definition) is 1. The van der Waals surface area contributed by atoms with Crippen molar-refractivity contribution >= 4 is 22.1 Å². The fraction of sp³-hybridized carbons (Fsp3) is 0.308.